The van der Waals surface area contributed by atoms with E-state index in [0.717, 1.165) is 0 Å². The van der Waals surface area contributed by atoms with Crippen LogP contribution in [-0.4, -0.2) is 94.0 Å². The number of nitrogens with one attached hydrogen (secondary N) is 3. The molecule has 11 N–H and O–H groups in total. The number of hydrogen-bond acceptors (Lipinski definition) is 9. The van der Waals surface area contributed by atoms with E-state index in [4.69, 9.17) is 31.9 Å². The van der Waals surface area contributed by atoms with E-state index in [9.17, 15) is 24.0 Å². The van der Waals surface area contributed by atoms with Gasteiger partial charge in [0.2, 0.25) is 17.7 Å². The maximum absolute atomic E-state index is 12.7. The summed E-state index contributed by atoms with van der Waals surface area (Å²) in [4.78, 5) is 58.9. The molecule has 3 amide bonds. The van der Waals surface area contributed by atoms with Gasteiger partial charge in [-0.15, -0.1) is 0 Å². The van der Waals surface area contributed by atoms with Crippen molar-refractivity contribution >= 4 is 29.7 Å². The van der Waals surface area contributed by atoms with Crippen molar-refractivity contribution in [1.29, 1.82) is 0 Å². The molecule has 14 heteroatoms. The summed E-state index contributed by atoms with van der Waals surface area (Å²) in [5.41, 5.74) is 10.8. The van der Waals surface area contributed by atoms with E-state index in [1.54, 1.807) is 0 Å². The second-order valence-electron chi connectivity index (χ2n) is 6.71. The minimum Gasteiger partial charge on any atom is -0.481 e. The normalized spacial score (nSPS) is 14.6. The lowest BCUT2D eigenvalue weighted by Gasteiger charge is -2.24. The Morgan fingerprint density at radius 1 is 0.742 bits per heavy atom. The molecule has 0 saturated carbocycles. The molecule has 0 aliphatic rings. The number of unbranched alkanes of at least 4 members (excludes halogenated alkanes) is 1. The van der Waals surface area contributed by atoms with Crippen LogP contribution < -0.4 is 27.4 Å². The Labute approximate surface area is 178 Å². The van der Waals surface area contributed by atoms with Crippen molar-refractivity contribution in [1.82, 2.24) is 16.0 Å². The van der Waals surface area contributed by atoms with Gasteiger partial charge in [-0.1, -0.05) is 0 Å². The Kier molecular flexibility index (Phi) is 13.7. The fourth-order valence-electron chi connectivity index (χ4n) is 2.39. The van der Waals surface area contributed by atoms with Gasteiger partial charge in [-0.25, -0.2) is 4.79 Å². The zero-order valence-electron chi connectivity index (χ0n) is 17.0. The number of carbonyl (C=O) groups is 5. The summed E-state index contributed by atoms with van der Waals surface area (Å²) >= 11 is 0. The number of nitrogens with two attached hydrogens (primary N) is 2. The molecule has 0 bridgehead atoms. The van der Waals surface area contributed by atoms with Gasteiger partial charge in [0, 0.05) is 6.42 Å². The Morgan fingerprint density at radius 2 is 1.26 bits per heavy atom. The van der Waals surface area contributed by atoms with Gasteiger partial charge in [-0.2, -0.15) is 0 Å². The first-order valence-corrected chi connectivity index (χ1v) is 9.60. The van der Waals surface area contributed by atoms with Crippen LogP contribution in [-0.2, 0) is 24.0 Å². The van der Waals surface area contributed by atoms with Gasteiger partial charge in [-0.05, 0) is 32.2 Å². The van der Waals surface area contributed by atoms with Gasteiger partial charge in [0.1, 0.15) is 24.2 Å². The van der Waals surface area contributed by atoms with E-state index in [0.29, 0.717) is 19.4 Å². The van der Waals surface area contributed by atoms with Crippen molar-refractivity contribution < 1.29 is 44.4 Å². The summed E-state index contributed by atoms with van der Waals surface area (Å²) in [5.74, 6) is -5.45. The van der Waals surface area contributed by atoms with Crippen molar-refractivity contribution in [3.05, 3.63) is 0 Å². The van der Waals surface area contributed by atoms with Crippen molar-refractivity contribution in [3.63, 3.8) is 0 Å². The quantitative estimate of drug-likeness (QED) is 0.102. The Hall–Kier alpha value is -2.81. The van der Waals surface area contributed by atoms with Crippen LogP contribution in [0.2, 0.25) is 0 Å². The smallest absolute Gasteiger partial charge is 0.328 e. The first kappa shape index (κ1) is 28.2. The van der Waals surface area contributed by atoms with Crippen molar-refractivity contribution in [3.8, 4) is 0 Å². The van der Waals surface area contributed by atoms with Gasteiger partial charge in [0.05, 0.1) is 13.2 Å². The summed E-state index contributed by atoms with van der Waals surface area (Å²) in [6.07, 6.45) is 0.194. The van der Waals surface area contributed by atoms with E-state index in [-0.39, 0.29) is 12.8 Å². The number of carboxylic acids is 2. The average Bonchev–Trinajstić information content (AvgIpc) is 2.72. The largest absolute Gasteiger partial charge is 0.481 e. The van der Waals surface area contributed by atoms with Crippen LogP contribution in [0.25, 0.3) is 0 Å². The van der Waals surface area contributed by atoms with Crippen molar-refractivity contribution in [2.45, 2.75) is 56.3 Å². The predicted molar refractivity (Wildman–Crippen MR) is 105 cm³/mol. The highest BCUT2D eigenvalue weighted by atomic mass is 16.4. The molecular weight excluding hydrogens is 418 g/mol. The molecule has 4 atom stereocenters. The van der Waals surface area contributed by atoms with Gasteiger partial charge in [-0.3, -0.25) is 19.2 Å². The third-order valence-corrected chi connectivity index (χ3v) is 4.19. The lowest BCUT2D eigenvalue weighted by atomic mass is 10.1. The SMILES string of the molecule is NCCCCC(NC(=O)C(N)CO)C(=O)NC(CCC(=O)O)C(=O)NC(CO)C(=O)O. The summed E-state index contributed by atoms with van der Waals surface area (Å²) in [7, 11) is 0. The number of aliphatic hydroxyl groups excluding tert-OH is 2. The van der Waals surface area contributed by atoms with Crippen LogP contribution >= 0.6 is 0 Å². The first-order chi connectivity index (χ1) is 14.6. The predicted octanol–water partition coefficient (Wildman–Crippen LogP) is -4.17. The second-order valence-corrected chi connectivity index (χ2v) is 6.71. The highest BCUT2D eigenvalue weighted by Crippen LogP contribution is 2.05. The van der Waals surface area contributed by atoms with Crippen LogP contribution in [0.3, 0.4) is 0 Å². The van der Waals surface area contributed by atoms with E-state index in [1.165, 1.54) is 0 Å². The molecule has 0 aliphatic heterocycles. The molecule has 14 nitrogen and oxygen atoms in total. The number of hydrogen-bond donors (Lipinski definition) is 9. The average molecular weight is 449 g/mol. The molecule has 0 aromatic rings. The van der Waals surface area contributed by atoms with Crippen LogP contribution in [0.15, 0.2) is 0 Å². The second kappa shape index (κ2) is 15.1. The monoisotopic (exact) mass is 449 g/mol. The molecular formula is C17H31N5O9. The third kappa shape index (κ3) is 11.2. The van der Waals surface area contributed by atoms with E-state index in [1.807, 2.05) is 5.32 Å². The van der Waals surface area contributed by atoms with E-state index in [2.05, 4.69) is 10.6 Å². The molecule has 0 spiro atoms. The molecule has 4 unspecified atom stereocenters. The number of carboxylic acid groups (broad SMARTS) is 2. The Morgan fingerprint density at radius 3 is 1.71 bits per heavy atom. The van der Waals surface area contributed by atoms with Crippen LogP contribution in [0.4, 0.5) is 0 Å². The maximum Gasteiger partial charge on any atom is 0.328 e. The molecule has 0 fully saturated rings. The Balaban J connectivity index is 5.41. The van der Waals surface area contributed by atoms with Gasteiger partial charge in [0.15, 0.2) is 0 Å². The van der Waals surface area contributed by atoms with Gasteiger partial charge in [0.25, 0.3) is 0 Å². The summed E-state index contributed by atoms with van der Waals surface area (Å²) in [5, 5.41) is 42.5. The number of aliphatic carboxylic acids is 2. The fraction of sp³-hybridized carbons (Fsp3) is 0.706. The highest BCUT2D eigenvalue weighted by molar-refractivity contribution is 5.94. The molecule has 0 saturated heterocycles. The summed E-state index contributed by atoms with van der Waals surface area (Å²) in [6.45, 7) is -1.25. The minimum absolute atomic E-state index is 0.120. The molecule has 31 heavy (non-hydrogen) atoms. The highest BCUT2D eigenvalue weighted by Gasteiger charge is 2.30. The topological polar surface area (TPSA) is 254 Å². The maximum atomic E-state index is 12.7. The van der Waals surface area contributed by atoms with Gasteiger partial charge < -0.3 is 47.8 Å². The summed E-state index contributed by atoms with van der Waals surface area (Å²) in [6, 6.07) is -5.54. The minimum atomic E-state index is -1.65. The summed E-state index contributed by atoms with van der Waals surface area (Å²) < 4.78 is 0. The Bertz CT molecular complexity index is 631. The molecule has 0 rings (SSSR count). The number of carbonyl (C=O) groups excluding carboxylic acids is 3. The lowest BCUT2D eigenvalue weighted by molar-refractivity contribution is -0.144. The number of aliphatic hydroxyl groups is 2. The van der Waals surface area contributed by atoms with E-state index < -0.39 is 73.5 Å². The zero-order valence-corrected chi connectivity index (χ0v) is 17.0. The third-order valence-electron chi connectivity index (χ3n) is 4.19. The number of amides is 3. The van der Waals surface area contributed by atoms with Crippen LogP contribution in [0, 0.1) is 0 Å². The molecule has 0 aromatic heterocycles. The van der Waals surface area contributed by atoms with Crippen LogP contribution in [0.1, 0.15) is 32.1 Å². The molecule has 0 radical (unpaired) electrons. The number of rotatable bonds is 16. The van der Waals surface area contributed by atoms with Gasteiger partial charge >= 0.3 is 11.9 Å². The van der Waals surface area contributed by atoms with Crippen molar-refractivity contribution in [2.24, 2.45) is 11.5 Å². The first-order valence-electron chi connectivity index (χ1n) is 9.60. The molecule has 0 aromatic carbocycles. The van der Waals surface area contributed by atoms with E-state index >= 15 is 0 Å². The molecule has 178 valence electrons. The molecule has 0 aliphatic carbocycles. The lowest BCUT2D eigenvalue weighted by Crippen LogP contribution is -2.57. The fourth-order valence-corrected chi connectivity index (χ4v) is 2.39. The molecule has 0 heterocycles. The standard InChI is InChI=1S/C17H31N5O9/c18-6-2-1-3-10(20-14(27)9(19)7-23)15(28)21-11(4-5-13(25)26)16(29)22-12(8-24)17(30)31/h9-12,23-24H,1-8,18-19H2,(H,20,27)(H,21,28)(H,22,29)(H,25,26)(H,30,31). The van der Waals surface area contributed by atoms with Crippen LogP contribution in [0.5, 0.6) is 0 Å². The van der Waals surface area contributed by atoms with Crippen molar-refractivity contribution in [2.75, 3.05) is 19.8 Å². The zero-order chi connectivity index (χ0) is 24.0.